The molecule has 0 spiro atoms. The van der Waals surface area contributed by atoms with Crippen molar-refractivity contribution >= 4 is 45.6 Å². The molecule has 1 aromatic heterocycles. The van der Waals surface area contributed by atoms with E-state index in [1.54, 1.807) is 0 Å². The first-order valence-corrected chi connectivity index (χ1v) is 7.94. The molecular formula is C17H12ClFN4O4. The Labute approximate surface area is 157 Å². The second kappa shape index (κ2) is 7.12. The van der Waals surface area contributed by atoms with Gasteiger partial charge in [-0.25, -0.2) is 14.4 Å². The number of carbonyl (C=O) groups is 1. The topological polar surface area (TPSA) is 98.5 Å². The maximum Gasteiger partial charge on any atom is 0.311 e. The molecule has 0 fully saturated rings. The number of nitrogens with zero attached hydrogens (tertiary/aromatic N) is 4. The van der Waals surface area contributed by atoms with Crippen LogP contribution in [0.15, 0.2) is 36.7 Å². The van der Waals surface area contributed by atoms with Gasteiger partial charge in [-0.05, 0) is 18.2 Å². The van der Waals surface area contributed by atoms with Crippen LogP contribution in [0.25, 0.3) is 10.9 Å². The molecule has 0 saturated carbocycles. The number of carbonyl (C=O) groups excluding carboxylic acids is 1. The van der Waals surface area contributed by atoms with E-state index in [1.807, 2.05) is 0 Å². The fourth-order valence-electron chi connectivity index (χ4n) is 2.62. The molecule has 0 atom stereocenters. The Bertz CT molecular complexity index is 1080. The monoisotopic (exact) mass is 390 g/mol. The summed E-state index contributed by atoms with van der Waals surface area (Å²) >= 11 is 5.82. The van der Waals surface area contributed by atoms with Crippen molar-refractivity contribution in [1.29, 1.82) is 0 Å². The van der Waals surface area contributed by atoms with E-state index >= 15 is 0 Å². The average molecular weight is 391 g/mol. The summed E-state index contributed by atoms with van der Waals surface area (Å²) in [7, 11) is 1.30. The molecule has 3 aromatic rings. The number of ether oxygens (including phenoxy) is 1. The van der Waals surface area contributed by atoms with E-state index in [2.05, 4.69) is 9.97 Å². The van der Waals surface area contributed by atoms with Gasteiger partial charge in [-0.2, -0.15) is 0 Å². The molecule has 1 heterocycles. The molecule has 1 amide bonds. The first-order valence-electron chi connectivity index (χ1n) is 7.56. The van der Waals surface area contributed by atoms with Crippen LogP contribution in [0.4, 0.5) is 21.6 Å². The number of methoxy groups -OCH3 is 1. The Morgan fingerprint density at radius 2 is 2.04 bits per heavy atom. The van der Waals surface area contributed by atoms with Gasteiger partial charge in [0, 0.05) is 19.1 Å². The van der Waals surface area contributed by atoms with Gasteiger partial charge in [0.1, 0.15) is 12.1 Å². The third kappa shape index (κ3) is 3.36. The summed E-state index contributed by atoms with van der Waals surface area (Å²) in [5.41, 5.74) is 0.288. The van der Waals surface area contributed by atoms with Crippen molar-refractivity contribution in [2.45, 2.75) is 6.92 Å². The highest BCUT2D eigenvalue weighted by molar-refractivity contribution is 6.31. The number of benzene rings is 2. The van der Waals surface area contributed by atoms with E-state index < -0.39 is 16.6 Å². The SMILES string of the molecule is COc1cc2ncnc(N(C(C)=O)c3ccc(F)c(Cl)c3)c2cc1[N+](=O)[O-]. The molecule has 0 bridgehead atoms. The third-order valence-electron chi connectivity index (χ3n) is 3.80. The summed E-state index contributed by atoms with van der Waals surface area (Å²) in [6, 6.07) is 6.35. The van der Waals surface area contributed by atoms with Crippen LogP contribution in [0.3, 0.4) is 0 Å². The zero-order chi connectivity index (χ0) is 19.7. The molecule has 0 radical (unpaired) electrons. The molecule has 27 heavy (non-hydrogen) atoms. The number of anilines is 2. The quantitative estimate of drug-likeness (QED) is 0.492. The molecule has 0 aliphatic rings. The Hall–Kier alpha value is -3.33. The van der Waals surface area contributed by atoms with Crippen molar-refractivity contribution in [1.82, 2.24) is 9.97 Å². The lowest BCUT2D eigenvalue weighted by molar-refractivity contribution is -0.385. The lowest BCUT2D eigenvalue weighted by Crippen LogP contribution is -2.24. The van der Waals surface area contributed by atoms with E-state index in [4.69, 9.17) is 16.3 Å². The van der Waals surface area contributed by atoms with E-state index in [-0.39, 0.29) is 33.4 Å². The van der Waals surface area contributed by atoms with Gasteiger partial charge in [0.25, 0.3) is 0 Å². The van der Waals surface area contributed by atoms with Crippen molar-refractivity contribution in [2.75, 3.05) is 12.0 Å². The molecule has 0 unspecified atom stereocenters. The number of amides is 1. The summed E-state index contributed by atoms with van der Waals surface area (Å²) in [6.07, 6.45) is 1.21. The number of fused-ring (bicyclic) bond motifs is 1. The molecule has 2 aromatic carbocycles. The van der Waals surface area contributed by atoms with E-state index in [1.165, 1.54) is 49.5 Å². The number of rotatable bonds is 4. The van der Waals surface area contributed by atoms with Crippen LogP contribution >= 0.6 is 11.6 Å². The Morgan fingerprint density at radius 1 is 1.30 bits per heavy atom. The maximum absolute atomic E-state index is 13.5. The second-order valence-corrected chi connectivity index (χ2v) is 5.86. The third-order valence-corrected chi connectivity index (χ3v) is 4.09. The molecule has 10 heteroatoms. The molecule has 0 saturated heterocycles. The number of aromatic nitrogens is 2. The second-order valence-electron chi connectivity index (χ2n) is 5.45. The van der Waals surface area contributed by atoms with Crippen LogP contribution in [0.5, 0.6) is 5.75 Å². The minimum Gasteiger partial charge on any atom is -0.490 e. The van der Waals surface area contributed by atoms with Crippen LogP contribution in [0.1, 0.15) is 6.92 Å². The van der Waals surface area contributed by atoms with Crippen molar-refractivity contribution in [3.8, 4) is 5.75 Å². The largest absolute Gasteiger partial charge is 0.490 e. The summed E-state index contributed by atoms with van der Waals surface area (Å²) in [6.45, 7) is 1.28. The molecule has 0 aliphatic carbocycles. The van der Waals surface area contributed by atoms with Crippen LogP contribution in [0, 0.1) is 15.9 Å². The minimum absolute atomic E-state index is 0.0244. The summed E-state index contributed by atoms with van der Waals surface area (Å²) < 4.78 is 18.5. The van der Waals surface area contributed by atoms with Gasteiger partial charge >= 0.3 is 5.69 Å². The average Bonchev–Trinajstić information content (AvgIpc) is 2.63. The van der Waals surface area contributed by atoms with E-state index in [9.17, 15) is 19.3 Å². The van der Waals surface area contributed by atoms with Crippen LogP contribution < -0.4 is 9.64 Å². The Balaban J connectivity index is 2.29. The van der Waals surface area contributed by atoms with E-state index in [0.717, 1.165) is 6.07 Å². The van der Waals surface area contributed by atoms with Crippen molar-refractivity contribution in [2.24, 2.45) is 0 Å². The number of nitro groups is 1. The Morgan fingerprint density at radius 3 is 2.63 bits per heavy atom. The maximum atomic E-state index is 13.5. The normalized spacial score (nSPS) is 10.7. The standard InChI is InChI=1S/C17H12ClFN4O4/c1-9(24)22(10-3-4-13(19)12(18)5-10)17-11-6-15(23(25)26)16(27-2)7-14(11)20-8-21-17/h3-8H,1-2H3. The van der Waals surface area contributed by atoms with Gasteiger partial charge in [-0.1, -0.05) is 11.6 Å². The molecule has 8 nitrogen and oxygen atoms in total. The van der Waals surface area contributed by atoms with Crippen molar-refractivity contribution in [3.05, 3.63) is 57.6 Å². The highest BCUT2D eigenvalue weighted by Gasteiger charge is 2.24. The molecule has 0 N–H and O–H groups in total. The van der Waals surface area contributed by atoms with Gasteiger partial charge in [-0.3, -0.25) is 19.8 Å². The predicted molar refractivity (Wildman–Crippen MR) is 97.0 cm³/mol. The zero-order valence-corrected chi connectivity index (χ0v) is 14.9. The molecule has 0 aliphatic heterocycles. The lowest BCUT2D eigenvalue weighted by Gasteiger charge is -2.21. The van der Waals surface area contributed by atoms with Crippen molar-refractivity contribution < 1.29 is 18.8 Å². The van der Waals surface area contributed by atoms with E-state index in [0.29, 0.717) is 5.52 Å². The van der Waals surface area contributed by atoms with Gasteiger partial charge in [0.05, 0.1) is 33.6 Å². The van der Waals surface area contributed by atoms with Gasteiger partial charge in [0.2, 0.25) is 5.91 Å². The summed E-state index contributed by atoms with van der Waals surface area (Å²) in [5.74, 6) is -0.967. The number of halogens is 2. The van der Waals surface area contributed by atoms with Crippen LogP contribution in [0.2, 0.25) is 5.02 Å². The minimum atomic E-state index is -0.642. The summed E-state index contributed by atoms with van der Waals surface area (Å²) in [4.78, 5) is 32.4. The van der Waals surface area contributed by atoms with Gasteiger partial charge in [0.15, 0.2) is 11.6 Å². The number of nitro benzene ring substituents is 1. The first kappa shape index (κ1) is 18.5. The zero-order valence-electron chi connectivity index (χ0n) is 14.1. The fraction of sp³-hybridized carbons (Fsp3) is 0.118. The number of hydrogen-bond donors (Lipinski definition) is 0. The summed E-state index contributed by atoms with van der Waals surface area (Å²) in [5, 5.41) is 11.4. The number of hydrogen-bond acceptors (Lipinski definition) is 6. The van der Waals surface area contributed by atoms with Crippen LogP contribution in [-0.4, -0.2) is 27.9 Å². The lowest BCUT2D eigenvalue weighted by atomic mass is 10.1. The van der Waals surface area contributed by atoms with Crippen molar-refractivity contribution in [3.63, 3.8) is 0 Å². The highest BCUT2D eigenvalue weighted by Crippen LogP contribution is 2.37. The van der Waals surface area contributed by atoms with Gasteiger partial charge < -0.3 is 4.74 Å². The first-order chi connectivity index (χ1) is 12.8. The predicted octanol–water partition coefficient (Wildman–Crippen LogP) is 4.02. The highest BCUT2D eigenvalue weighted by atomic mass is 35.5. The molecular weight excluding hydrogens is 379 g/mol. The molecule has 3 rings (SSSR count). The smallest absolute Gasteiger partial charge is 0.311 e. The fourth-order valence-corrected chi connectivity index (χ4v) is 2.80. The van der Waals surface area contributed by atoms with Gasteiger partial charge in [-0.15, -0.1) is 0 Å². The Kier molecular flexibility index (Phi) is 4.87. The molecule has 138 valence electrons. The van der Waals surface area contributed by atoms with Crippen LogP contribution in [-0.2, 0) is 4.79 Å².